The Bertz CT molecular complexity index is 1300. The Hall–Kier alpha value is -3.97. The number of aromatic nitrogens is 2. The zero-order valence-electron chi connectivity index (χ0n) is 17.6. The maximum Gasteiger partial charge on any atom is 0.174 e. The maximum atomic E-state index is 15.3. The van der Waals surface area contributed by atoms with Crippen molar-refractivity contribution >= 4 is 17.5 Å². The van der Waals surface area contributed by atoms with Crippen molar-refractivity contribution in [1.29, 1.82) is 0 Å². The average Bonchev–Trinajstić information content (AvgIpc) is 3.28. The molecule has 1 atom stereocenters. The summed E-state index contributed by atoms with van der Waals surface area (Å²) in [6.07, 6.45) is 5.35. The van der Waals surface area contributed by atoms with Crippen molar-refractivity contribution < 1.29 is 18.6 Å². The van der Waals surface area contributed by atoms with Crippen LogP contribution in [0.3, 0.4) is 0 Å². The van der Waals surface area contributed by atoms with Crippen LogP contribution in [0.4, 0.5) is 14.6 Å². The topological polar surface area (TPSA) is 70.2 Å². The summed E-state index contributed by atoms with van der Waals surface area (Å²) in [6.45, 7) is 0.680. The number of rotatable bonds is 6. The zero-order chi connectivity index (χ0) is 22.8. The Balaban J connectivity index is 1.47. The number of anilines is 1. The summed E-state index contributed by atoms with van der Waals surface area (Å²) in [7, 11) is 0. The van der Waals surface area contributed by atoms with Crippen LogP contribution in [-0.4, -0.2) is 21.6 Å². The minimum atomic E-state index is -1.53. The van der Waals surface area contributed by atoms with Crippen LogP contribution in [0.25, 0.3) is 11.6 Å². The molecule has 0 aliphatic carbocycles. The molecule has 0 bridgehead atoms. The fourth-order valence-corrected chi connectivity index (χ4v) is 3.93. The van der Waals surface area contributed by atoms with Crippen LogP contribution in [0.5, 0.6) is 5.75 Å². The molecule has 1 aliphatic rings. The fourth-order valence-electron chi connectivity index (χ4n) is 3.93. The number of ether oxygens (including phenoxy) is 1. The molecule has 3 heterocycles. The minimum Gasteiger partial charge on any atom is -0.486 e. The standard InChI is InChI=1S/C26H21F2N3O2/c27-21-8-9-22(33-15-16-5-2-1-3-6-16)24(28)23(21)25(32)20-14-31-26-19(20)11-18(13-30-26)17-7-4-10-29-12-17/h1-12,14,25,30-32H,13,15H2. The number of benzene rings is 2. The number of H-pyrrole nitrogens is 1. The molecule has 33 heavy (non-hydrogen) atoms. The number of pyridine rings is 1. The van der Waals surface area contributed by atoms with Gasteiger partial charge in [-0.2, -0.15) is 0 Å². The number of aromatic amines is 1. The molecule has 1 aliphatic heterocycles. The summed E-state index contributed by atoms with van der Waals surface area (Å²) in [5.41, 5.74) is 3.26. The second kappa shape index (κ2) is 8.88. The Morgan fingerprint density at radius 2 is 1.91 bits per heavy atom. The van der Waals surface area contributed by atoms with Crippen LogP contribution < -0.4 is 10.1 Å². The molecule has 5 rings (SSSR count). The highest BCUT2D eigenvalue weighted by atomic mass is 19.1. The summed E-state index contributed by atoms with van der Waals surface area (Å²) in [5.74, 6) is -1.21. The van der Waals surface area contributed by atoms with Crippen molar-refractivity contribution in [2.75, 3.05) is 11.9 Å². The highest BCUT2D eigenvalue weighted by Gasteiger charge is 2.28. The lowest BCUT2D eigenvalue weighted by atomic mass is 9.95. The highest BCUT2D eigenvalue weighted by molar-refractivity contribution is 5.90. The molecule has 5 nitrogen and oxygen atoms in total. The van der Waals surface area contributed by atoms with Gasteiger partial charge in [-0.1, -0.05) is 36.4 Å². The van der Waals surface area contributed by atoms with E-state index in [4.69, 9.17) is 4.74 Å². The lowest BCUT2D eigenvalue weighted by Gasteiger charge is -2.19. The second-order valence-electron chi connectivity index (χ2n) is 7.75. The molecule has 0 radical (unpaired) electrons. The van der Waals surface area contributed by atoms with E-state index < -0.39 is 23.3 Å². The van der Waals surface area contributed by atoms with Gasteiger partial charge < -0.3 is 20.1 Å². The number of aliphatic hydroxyl groups is 1. The molecule has 2 aromatic heterocycles. The number of nitrogens with zero attached hydrogens (tertiary/aromatic N) is 1. The third-order valence-electron chi connectivity index (χ3n) is 5.66. The second-order valence-corrected chi connectivity index (χ2v) is 7.75. The lowest BCUT2D eigenvalue weighted by molar-refractivity contribution is 0.205. The van der Waals surface area contributed by atoms with Crippen molar-refractivity contribution in [3.63, 3.8) is 0 Å². The third kappa shape index (κ3) is 4.10. The number of hydrogen-bond donors (Lipinski definition) is 3. The predicted octanol–water partition coefficient (Wildman–Crippen LogP) is 5.31. The van der Waals surface area contributed by atoms with Gasteiger partial charge in [0.2, 0.25) is 0 Å². The van der Waals surface area contributed by atoms with Gasteiger partial charge in [0.1, 0.15) is 24.3 Å². The van der Waals surface area contributed by atoms with E-state index >= 15 is 4.39 Å². The summed E-state index contributed by atoms with van der Waals surface area (Å²) in [6, 6.07) is 15.4. The van der Waals surface area contributed by atoms with E-state index in [2.05, 4.69) is 15.3 Å². The number of nitrogens with one attached hydrogen (secondary N) is 2. The number of fused-ring (bicyclic) bond motifs is 1. The first-order valence-electron chi connectivity index (χ1n) is 10.5. The molecule has 0 fully saturated rings. The van der Waals surface area contributed by atoms with Gasteiger partial charge in [-0.3, -0.25) is 4.98 Å². The van der Waals surface area contributed by atoms with Crippen molar-refractivity contribution in [3.05, 3.63) is 113 Å². The lowest BCUT2D eigenvalue weighted by Crippen LogP contribution is -2.12. The van der Waals surface area contributed by atoms with E-state index in [-0.39, 0.29) is 12.4 Å². The molecule has 2 aromatic carbocycles. The quantitative estimate of drug-likeness (QED) is 0.376. The van der Waals surface area contributed by atoms with Gasteiger partial charge in [-0.25, -0.2) is 8.78 Å². The molecular weight excluding hydrogens is 424 g/mol. The highest BCUT2D eigenvalue weighted by Crippen LogP contribution is 2.38. The first kappa shape index (κ1) is 20.9. The molecule has 0 saturated carbocycles. The molecule has 0 spiro atoms. The van der Waals surface area contributed by atoms with Gasteiger partial charge in [0.15, 0.2) is 11.6 Å². The van der Waals surface area contributed by atoms with E-state index in [1.54, 1.807) is 18.6 Å². The summed E-state index contributed by atoms with van der Waals surface area (Å²) in [5, 5.41) is 14.3. The molecule has 4 aromatic rings. The van der Waals surface area contributed by atoms with Gasteiger partial charge in [0.05, 0.1) is 5.56 Å². The van der Waals surface area contributed by atoms with Crippen molar-refractivity contribution in [2.45, 2.75) is 12.7 Å². The molecule has 1 unspecified atom stereocenters. The van der Waals surface area contributed by atoms with E-state index in [1.165, 1.54) is 6.07 Å². The largest absolute Gasteiger partial charge is 0.486 e. The Kier molecular flexibility index (Phi) is 5.62. The minimum absolute atomic E-state index is 0.122. The number of hydrogen-bond acceptors (Lipinski definition) is 4. The molecule has 0 amide bonds. The molecular formula is C26H21F2N3O2. The number of aliphatic hydroxyl groups excluding tert-OH is 1. The van der Waals surface area contributed by atoms with Crippen LogP contribution in [0, 0.1) is 11.6 Å². The fraction of sp³-hybridized carbons (Fsp3) is 0.115. The Morgan fingerprint density at radius 3 is 2.70 bits per heavy atom. The average molecular weight is 445 g/mol. The summed E-state index contributed by atoms with van der Waals surface area (Å²) >= 11 is 0. The van der Waals surface area contributed by atoms with Gasteiger partial charge in [-0.05, 0) is 41.0 Å². The summed E-state index contributed by atoms with van der Waals surface area (Å²) < 4.78 is 35.6. The van der Waals surface area contributed by atoms with Gasteiger partial charge in [0, 0.05) is 36.3 Å². The van der Waals surface area contributed by atoms with E-state index in [0.29, 0.717) is 23.5 Å². The molecule has 7 heteroatoms. The maximum absolute atomic E-state index is 15.3. The van der Waals surface area contributed by atoms with Crippen LogP contribution in [0.15, 0.2) is 73.2 Å². The van der Waals surface area contributed by atoms with Crippen LogP contribution in [-0.2, 0) is 6.61 Å². The van der Waals surface area contributed by atoms with Crippen molar-refractivity contribution in [2.24, 2.45) is 0 Å². The SMILES string of the molecule is OC(c1c[nH]c2c1C=C(c1cccnc1)CN2)c1c(F)ccc(OCc2ccccc2)c1F. The molecule has 166 valence electrons. The summed E-state index contributed by atoms with van der Waals surface area (Å²) in [4.78, 5) is 7.18. The first-order chi connectivity index (χ1) is 16.1. The normalized spacial score (nSPS) is 13.6. The predicted molar refractivity (Wildman–Crippen MR) is 123 cm³/mol. The molecule has 3 N–H and O–H groups in total. The Morgan fingerprint density at radius 1 is 1.06 bits per heavy atom. The molecule has 0 saturated heterocycles. The van der Waals surface area contributed by atoms with Gasteiger partial charge in [-0.15, -0.1) is 0 Å². The monoisotopic (exact) mass is 445 g/mol. The van der Waals surface area contributed by atoms with Crippen LogP contribution in [0.2, 0.25) is 0 Å². The number of halogens is 2. The first-order valence-corrected chi connectivity index (χ1v) is 10.5. The zero-order valence-corrected chi connectivity index (χ0v) is 17.6. The van der Waals surface area contributed by atoms with E-state index in [0.717, 1.165) is 22.8 Å². The van der Waals surface area contributed by atoms with E-state index in [9.17, 15) is 9.50 Å². The van der Waals surface area contributed by atoms with Gasteiger partial charge in [0.25, 0.3) is 0 Å². The van der Waals surface area contributed by atoms with Gasteiger partial charge >= 0.3 is 0 Å². The smallest absolute Gasteiger partial charge is 0.174 e. The third-order valence-corrected chi connectivity index (χ3v) is 5.66. The van der Waals surface area contributed by atoms with E-state index in [1.807, 2.05) is 48.5 Å². The van der Waals surface area contributed by atoms with Crippen molar-refractivity contribution in [1.82, 2.24) is 9.97 Å². The Labute approximate surface area is 189 Å². The van der Waals surface area contributed by atoms with Crippen molar-refractivity contribution in [3.8, 4) is 5.75 Å². The van der Waals surface area contributed by atoms with Crippen LogP contribution in [0.1, 0.15) is 33.9 Å². The van der Waals surface area contributed by atoms with Crippen LogP contribution >= 0.6 is 0 Å².